The van der Waals surface area contributed by atoms with Crippen molar-refractivity contribution in [1.29, 1.82) is 0 Å². The maximum Gasteiger partial charge on any atom is 0.338 e. The van der Waals surface area contributed by atoms with Crippen LogP contribution in [0.3, 0.4) is 0 Å². The molecule has 0 spiro atoms. The maximum absolute atomic E-state index is 13.7. The van der Waals surface area contributed by atoms with Crippen molar-refractivity contribution >= 4 is 46.6 Å². The van der Waals surface area contributed by atoms with Crippen LogP contribution in [0.1, 0.15) is 30.7 Å². The van der Waals surface area contributed by atoms with Crippen molar-refractivity contribution in [3.8, 4) is 11.3 Å². The van der Waals surface area contributed by atoms with Crippen LogP contribution in [0.4, 0.5) is 0 Å². The number of hydrogen-bond donors (Lipinski definition) is 0. The SMILES string of the molecule is CCC1=C(C(=O)OC)[C@H](c2ccccc2)n2c(s/c(=C/c3ccc(-c4ccc(Cl)cc4Cl)o3)c2=O)=N1. The van der Waals surface area contributed by atoms with Gasteiger partial charge in [0.1, 0.15) is 11.5 Å². The van der Waals surface area contributed by atoms with Crippen molar-refractivity contribution < 1.29 is 13.9 Å². The Bertz CT molecular complexity index is 1680. The lowest BCUT2D eigenvalue weighted by molar-refractivity contribution is -0.136. The number of nitrogens with zero attached hydrogens (tertiary/aromatic N) is 2. The van der Waals surface area contributed by atoms with Crippen LogP contribution in [0.2, 0.25) is 10.0 Å². The predicted octanol–water partition coefficient (Wildman–Crippen LogP) is 5.37. The Hall–Kier alpha value is -3.39. The molecule has 0 unspecified atom stereocenters. The summed E-state index contributed by atoms with van der Waals surface area (Å²) < 4.78 is 13.0. The van der Waals surface area contributed by atoms with Gasteiger partial charge in [-0.05, 0) is 42.3 Å². The molecule has 9 heteroatoms. The molecule has 36 heavy (non-hydrogen) atoms. The molecule has 2 aromatic carbocycles. The van der Waals surface area contributed by atoms with Crippen molar-refractivity contribution in [3.05, 3.63) is 113 Å². The third-order valence-corrected chi connectivity index (χ3v) is 7.39. The second-order valence-corrected chi connectivity index (χ2v) is 9.88. The van der Waals surface area contributed by atoms with E-state index in [9.17, 15) is 9.59 Å². The molecule has 1 aliphatic rings. The monoisotopic (exact) mass is 538 g/mol. The molecule has 1 atom stereocenters. The highest BCUT2D eigenvalue weighted by molar-refractivity contribution is 7.07. The molecule has 0 saturated carbocycles. The van der Waals surface area contributed by atoms with E-state index in [-0.39, 0.29) is 5.56 Å². The molecule has 2 aromatic heterocycles. The standard InChI is InChI=1S/C27H20Cl2N2O4S/c1-3-20-23(26(33)34-2)24(15-7-5-4-6-8-15)31-25(32)22(36-27(31)30-20)14-17-10-12-21(35-17)18-11-9-16(28)13-19(18)29/h4-14,24H,3H2,1-2H3/b22-14+/t24-/m0/s1. The molecule has 0 fully saturated rings. The lowest BCUT2D eigenvalue weighted by atomic mass is 9.95. The van der Waals surface area contributed by atoms with Crippen LogP contribution in [-0.4, -0.2) is 17.6 Å². The largest absolute Gasteiger partial charge is 0.466 e. The number of thiazole rings is 1. The molecule has 0 aliphatic carbocycles. The first-order valence-corrected chi connectivity index (χ1v) is 12.7. The van der Waals surface area contributed by atoms with E-state index in [0.29, 0.717) is 54.2 Å². The Morgan fingerprint density at radius 3 is 2.64 bits per heavy atom. The van der Waals surface area contributed by atoms with Gasteiger partial charge in [-0.2, -0.15) is 0 Å². The van der Waals surface area contributed by atoms with Crippen molar-refractivity contribution in [2.24, 2.45) is 4.99 Å². The number of ether oxygens (including phenoxy) is 1. The van der Waals surface area contributed by atoms with Crippen molar-refractivity contribution in [2.45, 2.75) is 19.4 Å². The Morgan fingerprint density at radius 2 is 1.94 bits per heavy atom. The first-order valence-electron chi connectivity index (χ1n) is 11.1. The van der Waals surface area contributed by atoms with Crippen molar-refractivity contribution in [3.63, 3.8) is 0 Å². The van der Waals surface area contributed by atoms with Gasteiger partial charge < -0.3 is 9.15 Å². The Morgan fingerprint density at radius 1 is 1.17 bits per heavy atom. The minimum absolute atomic E-state index is 0.272. The smallest absolute Gasteiger partial charge is 0.338 e. The maximum atomic E-state index is 13.7. The van der Waals surface area contributed by atoms with E-state index >= 15 is 0 Å². The average molecular weight is 539 g/mol. The molecule has 3 heterocycles. The Labute approximate surface area is 220 Å². The number of halogens is 2. The molecule has 6 nitrogen and oxygen atoms in total. The Kier molecular flexibility index (Phi) is 6.71. The third kappa shape index (κ3) is 4.34. The molecule has 0 radical (unpaired) electrons. The van der Waals surface area contributed by atoms with Crippen LogP contribution in [0, 0.1) is 0 Å². The normalized spacial score (nSPS) is 15.6. The molecular weight excluding hydrogens is 519 g/mol. The summed E-state index contributed by atoms with van der Waals surface area (Å²) in [5, 5.41) is 0.996. The van der Waals surface area contributed by atoms with Crippen LogP contribution in [0.15, 0.2) is 86.1 Å². The van der Waals surface area contributed by atoms with Gasteiger partial charge in [-0.3, -0.25) is 9.36 Å². The van der Waals surface area contributed by atoms with E-state index in [0.717, 1.165) is 5.56 Å². The van der Waals surface area contributed by atoms with E-state index < -0.39 is 12.0 Å². The van der Waals surface area contributed by atoms with Crippen molar-refractivity contribution in [2.75, 3.05) is 7.11 Å². The molecule has 4 aromatic rings. The Balaban J connectivity index is 1.66. The zero-order chi connectivity index (χ0) is 25.4. The third-order valence-electron chi connectivity index (χ3n) is 5.86. The van der Waals surface area contributed by atoms with Gasteiger partial charge >= 0.3 is 5.97 Å². The van der Waals surface area contributed by atoms with Gasteiger partial charge in [0, 0.05) is 16.7 Å². The van der Waals surface area contributed by atoms with E-state index in [1.807, 2.05) is 37.3 Å². The number of methoxy groups -OCH3 is 1. The minimum atomic E-state index is -0.646. The summed E-state index contributed by atoms with van der Waals surface area (Å²) in [5.74, 6) is 0.536. The highest BCUT2D eigenvalue weighted by Gasteiger charge is 2.33. The molecule has 0 saturated heterocycles. The molecule has 182 valence electrons. The van der Waals surface area contributed by atoms with Gasteiger partial charge in [-0.25, -0.2) is 9.79 Å². The summed E-state index contributed by atoms with van der Waals surface area (Å²) in [4.78, 5) is 31.7. The quantitative estimate of drug-likeness (QED) is 0.320. The highest BCUT2D eigenvalue weighted by Crippen LogP contribution is 2.33. The average Bonchev–Trinajstić information content (AvgIpc) is 3.47. The number of carbonyl (C=O) groups excluding carboxylic acids is 1. The van der Waals surface area contributed by atoms with Gasteiger partial charge in [0.25, 0.3) is 5.56 Å². The van der Waals surface area contributed by atoms with Crippen LogP contribution in [-0.2, 0) is 9.53 Å². The lowest BCUT2D eigenvalue weighted by Gasteiger charge is -2.25. The van der Waals surface area contributed by atoms with Gasteiger partial charge in [-0.15, -0.1) is 0 Å². The number of rotatable bonds is 5. The lowest BCUT2D eigenvalue weighted by Crippen LogP contribution is -2.40. The number of furan rings is 1. The fraction of sp³-hybridized carbons (Fsp3) is 0.148. The number of fused-ring (bicyclic) bond motifs is 1. The van der Waals surface area contributed by atoms with Crippen LogP contribution in [0.5, 0.6) is 0 Å². The predicted molar refractivity (Wildman–Crippen MR) is 141 cm³/mol. The summed E-state index contributed by atoms with van der Waals surface area (Å²) in [7, 11) is 1.33. The summed E-state index contributed by atoms with van der Waals surface area (Å²) >= 11 is 13.6. The van der Waals surface area contributed by atoms with Gasteiger partial charge in [-0.1, -0.05) is 71.8 Å². The molecular formula is C27H20Cl2N2O4S. The van der Waals surface area contributed by atoms with Crippen molar-refractivity contribution in [1.82, 2.24) is 4.57 Å². The summed E-state index contributed by atoms with van der Waals surface area (Å²) in [6.45, 7) is 1.92. The number of aromatic nitrogens is 1. The first kappa shape index (κ1) is 24.3. The number of allylic oxidation sites excluding steroid dienone is 1. The summed E-state index contributed by atoms with van der Waals surface area (Å²) in [6, 6.07) is 17.5. The zero-order valence-electron chi connectivity index (χ0n) is 19.3. The van der Waals surface area contributed by atoms with E-state index in [1.165, 1.54) is 18.4 Å². The van der Waals surface area contributed by atoms with E-state index in [4.69, 9.17) is 32.4 Å². The molecule has 5 rings (SSSR count). The molecule has 0 bridgehead atoms. The minimum Gasteiger partial charge on any atom is -0.466 e. The van der Waals surface area contributed by atoms with E-state index in [2.05, 4.69) is 4.99 Å². The number of carbonyl (C=O) groups is 1. The van der Waals surface area contributed by atoms with Gasteiger partial charge in [0.15, 0.2) is 4.80 Å². The second-order valence-electron chi connectivity index (χ2n) is 8.03. The van der Waals surface area contributed by atoms with E-state index in [1.54, 1.807) is 41.0 Å². The number of benzene rings is 2. The first-order chi connectivity index (χ1) is 17.4. The molecule has 0 N–H and O–H groups in total. The summed E-state index contributed by atoms with van der Waals surface area (Å²) in [6.07, 6.45) is 2.19. The van der Waals surface area contributed by atoms with Crippen LogP contribution >= 0.6 is 34.5 Å². The van der Waals surface area contributed by atoms with Crippen LogP contribution < -0.4 is 14.9 Å². The molecule has 1 aliphatic heterocycles. The number of hydrogen-bond acceptors (Lipinski definition) is 6. The zero-order valence-corrected chi connectivity index (χ0v) is 21.7. The number of esters is 1. The fourth-order valence-electron chi connectivity index (χ4n) is 4.21. The molecule has 0 amide bonds. The van der Waals surface area contributed by atoms with Gasteiger partial charge in [0.2, 0.25) is 0 Å². The highest BCUT2D eigenvalue weighted by atomic mass is 35.5. The fourth-order valence-corrected chi connectivity index (χ4v) is 5.71. The van der Waals surface area contributed by atoms with Crippen LogP contribution in [0.25, 0.3) is 17.4 Å². The topological polar surface area (TPSA) is 73.8 Å². The van der Waals surface area contributed by atoms with Gasteiger partial charge in [0.05, 0.1) is 34.0 Å². The summed E-state index contributed by atoms with van der Waals surface area (Å²) in [5.41, 5.74) is 2.18. The second kappa shape index (κ2) is 9.93.